The van der Waals surface area contributed by atoms with Gasteiger partial charge in [-0.15, -0.1) is 0 Å². The van der Waals surface area contributed by atoms with E-state index in [0.29, 0.717) is 0 Å². The lowest BCUT2D eigenvalue weighted by Gasteiger charge is -2.32. The Balaban J connectivity index is 0.944. The van der Waals surface area contributed by atoms with Crippen LogP contribution < -0.4 is 4.90 Å². The van der Waals surface area contributed by atoms with Crippen LogP contribution in [-0.2, 0) is 10.8 Å². The SMILES string of the molecule is CC1(C)c2ccccc2-c2ccc(-c3ccc(N(c4cccc(-c5cccc6c5c5ccccc5n6-c5ccccc5)c4)c4cccc5c4-c4ccccc4C54c5ccccc5-c5ccccc54)cc3)cc21. The fourth-order valence-corrected chi connectivity index (χ4v) is 13.4. The van der Waals surface area contributed by atoms with Gasteiger partial charge >= 0.3 is 0 Å². The smallest absolute Gasteiger partial charge is 0.0726 e. The van der Waals surface area contributed by atoms with Gasteiger partial charge < -0.3 is 9.47 Å². The molecule has 0 saturated carbocycles. The second-order valence-electron chi connectivity index (χ2n) is 20.3. The molecule has 0 radical (unpaired) electrons. The number of nitrogens with zero attached hydrogens (tertiary/aromatic N) is 2. The maximum Gasteiger partial charge on any atom is 0.0726 e. The van der Waals surface area contributed by atoms with Gasteiger partial charge in [0.2, 0.25) is 0 Å². The molecule has 1 aromatic heterocycles. The first-order valence-electron chi connectivity index (χ1n) is 25.3. The topological polar surface area (TPSA) is 8.17 Å². The molecule has 3 aliphatic carbocycles. The zero-order chi connectivity index (χ0) is 47.7. The Morgan fingerprint density at radius 3 is 1.62 bits per heavy atom. The van der Waals surface area contributed by atoms with E-state index in [0.717, 1.165) is 22.7 Å². The molecule has 12 aromatic rings. The summed E-state index contributed by atoms with van der Waals surface area (Å²) in [5.41, 5.74) is 27.1. The van der Waals surface area contributed by atoms with Crippen molar-refractivity contribution in [3.8, 4) is 61.3 Å². The summed E-state index contributed by atoms with van der Waals surface area (Å²) in [5, 5.41) is 2.49. The second-order valence-corrected chi connectivity index (χ2v) is 20.3. The third kappa shape index (κ3) is 5.55. The first-order chi connectivity index (χ1) is 35.5. The van der Waals surface area contributed by atoms with Crippen molar-refractivity contribution in [3.05, 3.63) is 288 Å². The van der Waals surface area contributed by atoms with Gasteiger partial charge in [-0.25, -0.2) is 0 Å². The molecule has 72 heavy (non-hydrogen) atoms. The predicted octanol–water partition coefficient (Wildman–Crippen LogP) is 18.2. The molecular weight excluding hydrogens is 869 g/mol. The van der Waals surface area contributed by atoms with Crippen LogP contribution in [-0.4, -0.2) is 4.57 Å². The molecule has 0 N–H and O–H groups in total. The molecule has 0 saturated heterocycles. The van der Waals surface area contributed by atoms with Gasteiger partial charge in [0, 0.05) is 38.8 Å². The van der Waals surface area contributed by atoms with Gasteiger partial charge in [-0.2, -0.15) is 0 Å². The standard InChI is InChI=1S/C70H48N2/c1-69(2)58-29-11-6-23-52(58)55-42-39-46(44-63(55)69)45-37-40-49(41-38-45)71(50-22-16-19-47(43-50)51-28-17-35-65-67(51)57-27-10-15-34-64(57)72(65)48-20-4-3-5-21-48)66-36-18-33-62-68(66)56-26-9-14-32-61(56)70(62)59-30-12-7-24-53(59)54-25-8-13-31-60(54)70/h3-44H,1-2H3. The van der Waals surface area contributed by atoms with E-state index < -0.39 is 5.41 Å². The molecule has 1 heterocycles. The molecule has 1 spiro atoms. The van der Waals surface area contributed by atoms with Gasteiger partial charge in [-0.3, -0.25) is 0 Å². The number of rotatable bonds is 6. The van der Waals surface area contributed by atoms with E-state index >= 15 is 0 Å². The second kappa shape index (κ2) is 15.3. The molecule has 11 aromatic carbocycles. The van der Waals surface area contributed by atoms with E-state index in [4.69, 9.17) is 0 Å². The number of hydrogen-bond acceptors (Lipinski definition) is 1. The lowest BCUT2D eigenvalue weighted by molar-refractivity contribution is 0.660. The minimum atomic E-state index is -0.462. The summed E-state index contributed by atoms with van der Waals surface area (Å²) >= 11 is 0. The van der Waals surface area contributed by atoms with E-state index in [1.807, 2.05) is 0 Å². The van der Waals surface area contributed by atoms with E-state index in [9.17, 15) is 0 Å². The Morgan fingerprint density at radius 1 is 0.333 bits per heavy atom. The van der Waals surface area contributed by atoms with Crippen molar-refractivity contribution in [2.75, 3.05) is 4.90 Å². The summed E-state index contributed by atoms with van der Waals surface area (Å²) in [5.74, 6) is 0. The first-order valence-corrected chi connectivity index (χ1v) is 25.3. The van der Waals surface area contributed by atoms with Gasteiger partial charge in [0.25, 0.3) is 0 Å². The van der Waals surface area contributed by atoms with Gasteiger partial charge in [-0.1, -0.05) is 208 Å². The molecule has 0 fully saturated rings. The molecule has 0 aliphatic heterocycles. The summed E-state index contributed by atoms with van der Waals surface area (Å²) in [4.78, 5) is 2.52. The Bertz CT molecular complexity index is 4140. The zero-order valence-corrected chi connectivity index (χ0v) is 40.1. The number of benzene rings is 11. The predicted molar refractivity (Wildman–Crippen MR) is 300 cm³/mol. The largest absolute Gasteiger partial charge is 0.310 e. The van der Waals surface area contributed by atoms with Crippen LogP contribution >= 0.6 is 0 Å². The van der Waals surface area contributed by atoms with Gasteiger partial charge in [0.1, 0.15) is 0 Å². The van der Waals surface area contributed by atoms with E-state index in [-0.39, 0.29) is 5.41 Å². The highest BCUT2D eigenvalue weighted by Gasteiger charge is 2.52. The average Bonchev–Trinajstić information content (AvgIpc) is 4.12. The zero-order valence-electron chi connectivity index (χ0n) is 40.1. The van der Waals surface area contributed by atoms with Crippen LogP contribution in [0.5, 0.6) is 0 Å². The fourth-order valence-electron chi connectivity index (χ4n) is 13.4. The molecule has 3 aliphatic rings. The number of para-hydroxylation sites is 2. The van der Waals surface area contributed by atoms with Crippen LogP contribution in [0.2, 0.25) is 0 Å². The van der Waals surface area contributed by atoms with E-state index in [1.165, 1.54) is 111 Å². The molecule has 2 heteroatoms. The van der Waals surface area contributed by atoms with Crippen molar-refractivity contribution in [1.82, 2.24) is 4.57 Å². The summed E-state index contributed by atoms with van der Waals surface area (Å²) in [7, 11) is 0. The Hall–Kier alpha value is -8.98. The van der Waals surface area contributed by atoms with Crippen LogP contribution in [0.15, 0.2) is 255 Å². The highest BCUT2D eigenvalue weighted by atomic mass is 15.1. The molecule has 2 nitrogen and oxygen atoms in total. The maximum absolute atomic E-state index is 2.52. The van der Waals surface area contributed by atoms with Crippen LogP contribution in [0.1, 0.15) is 47.2 Å². The quantitative estimate of drug-likeness (QED) is 0.161. The normalized spacial score (nSPS) is 13.9. The highest BCUT2D eigenvalue weighted by Crippen LogP contribution is 2.65. The minimum Gasteiger partial charge on any atom is -0.310 e. The van der Waals surface area contributed by atoms with Crippen LogP contribution in [0.3, 0.4) is 0 Å². The van der Waals surface area contributed by atoms with Crippen molar-refractivity contribution >= 4 is 38.9 Å². The molecule has 0 unspecified atom stereocenters. The van der Waals surface area contributed by atoms with Crippen molar-refractivity contribution in [2.45, 2.75) is 24.7 Å². The maximum atomic E-state index is 2.52. The summed E-state index contributed by atoms with van der Waals surface area (Å²) in [6, 6.07) is 95.3. The van der Waals surface area contributed by atoms with Gasteiger partial charge in [-0.05, 0) is 144 Å². The highest BCUT2D eigenvalue weighted by molar-refractivity contribution is 6.16. The van der Waals surface area contributed by atoms with Crippen molar-refractivity contribution in [2.24, 2.45) is 0 Å². The Kier molecular flexibility index (Phi) is 8.66. The number of hydrogen-bond donors (Lipinski definition) is 0. The Labute approximate surface area is 420 Å². The molecule has 15 rings (SSSR count). The number of aromatic nitrogens is 1. The molecule has 0 amide bonds. The van der Waals surface area contributed by atoms with Crippen molar-refractivity contribution < 1.29 is 0 Å². The average molecular weight is 917 g/mol. The van der Waals surface area contributed by atoms with Gasteiger partial charge in [0.05, 0.1) is 22.1 Å². The lowest BCUT2D eigenvalue weighted by Crippen LogP contribution is -2.26. The van der Waals surface area contributed by atoms with Crippen LogP contribution in [0.4, 0.5) is 17.1 Å². The van der Waals surface area contributed by atoms with Gasteiger partial charge in [0.15, 0.2) is 0 Å². The van der Waals surface area contributed by atoms with Crippen LogP contribution in [0.25, 0.3) is 83.1 Å². The third-order valence-corrected chi connectivity index (χ3v) is 16.4. The van der Waals surface area contributed by atoms with Crippen molar-refractivity contribution in [1.29, 1.82) is 0 Å². The minimum absolute atomic E-state index is 0.0772. The molecule has 338 valence electrons. The third-order valence-electron chi connectivity index (χ3n) is 16.4. The van der Waals surface area contributed by atoms with E-state index in [1.54, 1.807) is 0 Å². The first kappa shape index (κ1) is 40.9. The summed E-state index contributed by atoms with van der Waals surface area (Å²) < 4.78 is 2.41. The lowest BCUT2D eigenvalue weighted by atomic mass is 9.70. The fraction of sp³-hybridized carbons (Fsp3) is 0.0571. The number of anilines is 3. The Morgan fingerprint density at radius 2 is 0.875 bits per heavy atom. The summed E-state index contributed by atoms with van der Waals surface area (Å²) in [6.45, 7) is 4.73. The monoisotopic (exact) mass is 916 g/mol. The molecule has 0 bridgehead atoms. The molecule has 0 atom stereocenters. The number of fused-ring (bicyclic) bond motifs is 16. The van der Waals surface area contributed by atoms with E-state index in [2.05, 4.69) is 278 Å². The molecular formula is C70H48N2. The van der Waals surface area contributed by atoms with Crippen molar-refractivity contribution in [3.63, 3.8) is 0 Å². The van der Waals surface area contributed by atoms with Crippen LogP contribution in [0, 0.1) is 0 Å². The summed E-state index contributed by atoms with van der Waals surface area (Å²) in [6.07, 6.45) is 0.